The van der Waals surface area contributed by atoms with Gasteiger partial charge in [-0.15, -0.1) is 0 Å². The van der Waals surface area contributed by atoms with Crippen LogP contribution in [0.1, 0.15) is 36.3 Å². The van der Waals surface area contributed by atoms with Gasteiger partial charge in [-0.2, -0.15) is 0 Å². The molecule has 1 aliphatic carbocycles. The monoisotopic (exact) mass is 230 g/mol. The second kappa shape index (κ2) is 4.15. The summed E-state index contributed by atoms with van der Waals surface area (Å²) in [6.45, 7) is 0.745. The van der Waals surface area contributed by atoms with Gasteiger partial charge in [0.15, 0.2) is 0 Å². The number of anilines is 1. The molecule has 1 aliphatic heterocycles. The summed E-state index contributed by atoms with van der Waals surface area (Å²) in [5.41, 5.74) is 9.20. The Bertz CT molecular complexity index is 452. The van der Waals surface area contributed by atoms with Crippen LogP contribution in [0, 0.1) is 5.92 Å². The molecule has 3 nitrogen and oxygen atoms in total. The Kier molecular flexibility index (Phi) is 2.63. The number of benzene rings is 1. The zero-order valence-electron chi connectivity index (χ0n) is 9.91. The fourth-order valence-corrected chi connectivity index (χ4v) is 2.83. The van der Waals surface area contributed by atoms with Gasteiger partial charge in [-0.05, 0) is 54.8 Å². The smallest absolute Gasteiger partial charge is 0.228 e. The number of carbonyl (C=O) groups excluding carboxylic acids is 1. The van der Waals surface area contributed by atoms with Crippen LogP contribution in [0.5, 0.6) is 0 Å². The SMILES string of the molecule is NCCC(c1ccc2c(c1)CC(=O)N2)C1CC1. The molecule has 0 radical (unpaired) electrons. The summed E-state index contributed by atoms with van der Waals surface area (Å²) in [6, 6.07) is 6.40. The lowest BCUT2D eigenvalue weighted by Gasteiger charge is -2.16. The van der Waals surface area contributed by atoms with E-state index < -0.39 is 0 Å². The van der Waals surface area contributed by atoms with E-state index in [0.717, 1.165) is 30.1 Å². The summed E-state index contributed by atoms with van der Waals surface area (Å²) >= 11 is 0. The number of hydrogen-bond donors (Lipinski definition) is 2. The van der Waals surface area contributed by atoms with E-state index in [-0.39, 0.29) is 5.91 Å². The third kappa shape index (κ3) is 2.07. The molecule has 0 bridgehead atoms. The second-order valence-corrected chi connectivity index (χ2v) is 5.16. The van der Waals surface area contributed by atoms with Gasteiger partial charge in [-0.25, -0.2) is 0 Å². The summed E-state index contributed by atoms with van der Waals surface area (Å²) < 4.78 is 0. The van der Waals surface area contributed by atoms with Gasteiger partial charge in [-0.1, -0.05) is 12.1 Å². The molecule has 0 aromatic heterocycles. The molecule has 1 saturated carbocycles. The Morgan fingerprint density at radius 1 is 1.41 bits per heavy atom. The predicted molar refractivity (Wildman–Crippen MR) is 67.9 cm³/mol. The van der Waals surface area contributed by atoms with Gasteiger partial charge in [0.2, 0.25) is 5.91 Å². The lowest BCUT2D eigenvalue weighted by atomic mass is 9.89. The average Bonchev–Trinajstić information content (AvgIpc) is 3.07. The molecule has 1 atom stereocenters. The minimum atomic E-state index is 0.110. The van der Waals surface area contributed by atoms with Gasteiger partial charge in [0.1, 0.15) is 0 Å². The molecule has 1 unspecified atom stereocenters. The lowest BCUT2D eigenvalue weighted by Crippen LogP contribution is -2.09. The minimum absolute atomic E-state index is 0.110. The molecule has 0 spiro atoms. The van der Waals surface area contributed by atoms with Crippen molar-refractivity contribution in [3.63, 3.8) is 0 Å². The largest absolute Gasteiger partial charge is 0.330 e. The van der Waals surface area contributed by atoms with Crippen molar-refractivity contribution in [1.82, 2.24) is 0 Å². The fourth-order valence-electron chi connectivity index (χ4n) is 2.83. The third-order valence-electron chi connectivity index (χ3n) is 3.85. The van der Waals surface area contributed by atoms with Gasteiger partial charge in [0, 0.05) is 5.69 Å². The Labute approximate surface area is 101 Å². The van der Waals surface area contributed by atoms with Crippen molar-refractivity contribution in [3.8, 4) is 0 Å². The third-order valence-corrected chi connectivity index (χ3v) is 3.85. The average molecular weight is 230 g/mol. The molecule has 1 fully saturated rings. The highest BCUT2D eigenvalue weighted by atomic mass is 16.1. The summed E-state index contributed by atoms with van der Waals surface area (Å²) in [5, 5.41) is 2.88. The molecule has 1 aromatic rings. The summed E-state index contributed by atoms with van der Waals surface area (Å²) in [5.74, 6) is 1.53. The number of nitrogens with one attached hydrogen (secondary N) is 1. The van der Waals surface area contributed by atoms with E-state index in [1.165, 1.54) is 18.4 Å². The fraction of sp³-hybridized carbons (Fsp3) is 0.500. The molecule has 2 aliphatic rings. The van der Waals surface area contributed by atoms with Crippen LogP contribution in [0.3, 0.4) is 0 Å². The van der Waals surface area contributed by atoms with Gasteiger partial charge < -0.3 is 11.1 Å². The molecule has 3 N–H and O–H groups in total. The highest BCUT2D eigenvalue weighted by Crippen LogP contribution is 2.45. The van der Waals surface area contributed by atoms with Crippen molar-refractivity contribution in [1.29, 1.82) is 0 Å². The van der Waals surface area contributed by atoms with E-state index in [1.807, 2.05) is 6.07 Å². The maximum atomic E-state index is 11.3. The quantitative estimate of drug-likeness (QED) is 0.831. The van der Waals surface area contributed by atoms with Crippen LogP contribution in [0.15, 0.2) is 18.2 Å². The Morgan fingerprint density at radius 3 is 2.94 bits per heavy atom. The summed E-state index contributed by atoms with van der Waals surface area (Å²) in [6.07, 6.45) is 4.26. The standard InChI is InChI=1S/C14H18N2O/c15-6-5-12(9-1-2-9)10-3-4-13-11(7-10)8-14(17)16-13/h3-4,7,9,12H,1-2,5-6,8,15H2,(H,16,17). The predicted octanol–water partition coefficient (Wildman–Crippen LogP) is 2.02. The second-order valence-electron chi connectivity index (χ2n) is 5.16. The van der Waals surface area contributed by atoms with E-state index in [1.54, 1.807) is 0 Å². The van der Waals surface area contributed by atoms with Crippen LogP contribution in [0.4, 0.5) is 5.69 Å². The van der Waals surface area contributed by atoms with Crippen molar-refractivity contribution >= 4 is 11.6 Å². The van der Waals surface area contributed by atoms with Crippen LogP contribution in [0.25, 0.3) is 0 Å². The highest BCUT2D eigenvalue weighted by Gasteiger charge is 2.32. The van der Waals surface area contributed by atoms with Crippen LogP contribution in [-0.2, 0) is 11.2 Å². The van der Waals surface area contributed by atoms with Gasteiger partial charge >= 0.3 is 0 Å². The highest BCUT2D eigenvalue weighted by molar-refractivity contribution is 5.99. The Hall–Kier alpha value is -1.35. The maximum absolute atomic E-state index is 11.3. The molecule has 0 saturated heterocycles. The van der Waals surface area contributed by atoms with Crippen molar-refractivity contribution in [3.05, 3.63) is 29.3 Å². The van der Waals surface area contributed by atoms with Crippen molar-refractivity contribution in [2.24, 2.45) is 11.7 Å². The topological polar surface area (TPSA) is 55.1 Å². The van der Waals surface area contributed by atoms with Crippen LogP contribution < -0.4 is 11.1 Å². The number of fused-ring (bicyclic) bond motifs is 1. The van der Waals surface area contributed by atoms with Crippen molar-refractivity contribution in [2.45, 2.75) is 31.6 Å². The van der Waals surface area contributed by atoms with E-state index in [9.17, 15) is 4.79 Å². The first-order valence-corrected chi connectivity index (χ1v) is 6.40. The Balaban J connectivity index is 1.87. The number of rotatable bonds is 4. The van der Waals surface area contributed by atoms with E-state index in [4.69, 9.17) is 5.73 Å². The molecule has 17 heavy (non-hydrogen) atoms. The molecular weight excluding hydrogens is 212 g/mol. The molecular formula is C14H18N2O. The summed E-state index contributed by atoms with van der Waals surface area (Å²) in [4.78, 5) is 11.3. The number of carbonyl (C=O) groups is 1. The zero-order valence-corrected chi connectivity index (χ0v) is 9.91. The maximum Gasteiger partial charge on any atom is 0.228 e. The van der Waals surface area contributed by atoms with E-state index in [0.29, 0.717) is 12.3 Å². The number of amides is 1. The van der Waals surface area contributed by atoms with Gasteiger partial charge in [-0.3, -0.25) is 4.79 Å². The molecule has 1 amide bonds. The normalized spacial score (nSPS) is 19.9. The molecule has 3 heteroatoms. The molecule has 3 rings (SSSR count). The van der Waals surface area contributed by atoms with Gasteiger partial charge in [0.25, 0.3) is 0 Å². The van der Waals surface area contributed by atoms with Crippen LogP contribution >= 0.6 is 0 Å². The first-order valence-electron chi connectivity index (χ1n) is 6.40. The zero-order chi connectivity index (χ0) is 11.8. The molecule has 90 valence electrons. The van der Waals surface area contributed by atoms with Crippen molar-refractivity contribution in [2.75, 3.05) is 11.9 Å². The minimum Gasteiger partial charge on any atom is -0.330 e. The van der Waals surface area contributed by atoms with E-state index >= 15 is 0 Å². The van der Waals surface area contributed by atoms with Crippen LogP contribution in [0.2, 0.25) is 0 Å². The first kappa shape index (κ1) is 10.8. The van der Waals surface area contributed by atoms with E-state index in [2.05, 4.69) is 17.4 Å². The van der Waals surface area contributed by atoms with Gasteiger partial charge in [0.05, 0.1) is 6.42 Å². The van der Waals surface area contributed by atoms with Crippen molar-refractivity contribution < 1.29 is 4.79 Å². The molecule has 1 heterocycles. The van der Waals surface area contributed by atoms with Crippen LogP contribution in [-0.4, -0.2) is 12.5 Å². The number of hydrogen-bond acceptors (Lipinski definition) is 2. The summed E-state index contributed by atoms with van der Waals surface area (Å²) in [7, 11) is 0. The lowest BCUT2D eigenvalue weighted by molar-refractivity contribution is -0.115. The Morgan fingerprint density at radius 2 is 2.24 bits per heavy atom. The number of nitrogens with two attached hydrogens (primary N) is 1. The molecule has 1 aromatic carbocycles. The first-order chi connectivity index (χ1) is 8.28.